The highest BCUT2D eigenvalue weighted by Crippen LogP contribution is 2.50. The van der Waals surface area contributed by atoms with Crippen LogP contribution >= 0.6 is 0 Å². The predicted molar refractivity (Wildman–Crippen MR) is 101 cm³/mol. The molecule has 0 aromatic heterocycles. The van der Waals surface area contributed by atoms with Crippen molar-refractivity contribution in [3.05, 3.63) is 28.8 Å². The van der Waals surface area contributed by atoms with Gasteiger partial charge in [0, 0.05) is 35.8 Å². The molecule has 3 heteroatoms. The maximum Gasteiger partial charge on any atom is 0.0653 e. The van der Waals surface area contributed by atoms with Gasteiger partial charge in [-0.25, -0.2) is 5.01 Å². The van der Waals surface area contributed by atoms with E-state index in [1.807, 2.05) is 6.92 Å². The third-order valence-corrected chi connectivity index (χ3v) is 6.14. The largest absolute Gasteiger partial charge is 0.305 e. The molecule has 1 aromatic rings. The molecular weight excluding hydrogens is 282 g/mol. The van der Waals surface area contributed by atoms with Crippen LogP contribution in [0.4, 0.5) is 5.69 Å². The van der Waals surface area contributed by atoms with Crippen LogP contribution in [-0.2, 0) is 5.41 Å². The van der Waals surface area contributed by atoms with Gasteiger partial charge in [-0.1, -0.05) is 39.8 Å². The van der Waals surface area contributed by atoms with Crippen molar-refractivity contribution in [1.29, 1.82) is 5.41 Å². The number of hydrogen-bond acceptors (Lipinski definition) is 3. The lowest BCUT2D eigenvalue weighted by molar-refractivity contribution is 0.0550. The Morgan fingerprint density at radius 1 is 1.17 bits per heavy atom. The van der Waals surface area contributed by atoms with E-state index in [1.54, 1.807) is 0 Å². The van der Waals surface area contributed by atoms with E-state index in [9.17, 15) is 0 Å². The van der Waals surface area contributed by atoms with Crippen molar-refractivity contribution in [1.82, 2.24) is 5.01 Å². The quantitative estimate of drug-likeness (QED) is 0.801. The van der Waals surface area contributed by atoms with Crippen molar-refractivity contribution < 1.29 is 0 Å². The minimum absolute atomic E-state index is 0.00244. The van der Waals surface area contributed by atoms with Crippen LogP contribution < -0.4 is 5.01 Å². The van der Waals surface area contributed by atoms with Crippen molar-refractivity contribution in [3.63, 3.8) is 0 Å². The standard InChI is InChI=1S/C20H33N3/c1-10-23-18-16(19(5,6)20(7,8)22(23)9)12-11-15(13(2)3)17(18)14(4)21/h11-13,21H,10H2,1-9H3. The van der Waals surface area contributed by atoms with Crippen LogP contribution in [0.3, 0.4) is 0 Å². The van der Waals surface area contributed by atoms with Crippen molar-refractivity contribution >= 4 is 11.4 Å². The molecule has 0 unspecified atom stereocenters. The number of benzene rings is 1. The van der Waals surface area contributed by atoms with E-state index in [0.29, 0.717) is 11.6 Å². The summed E-state index contributed by atoms with van der Waals surface area (Å²) in [4.78, 5) is 0. The maximum atomic E-state index is 8.42. The molecule has 23 heavy (non-hydrogen) atoms. The van der Waals surface area contributed by atoms with Crippen LogP contribution in [0, 0.1) is 5.41 Å². The molecule has 0 atom stereocenters. The lowest BCUT2D eigenvalue weighted by Gasteiger charge is -2.58. The summed E-state index contributed by atoms with van der Waals surface area (Å²) in [6.07, 6.45) is 0. The van der Waals surface area contributed by atoms with Crippen LogP contribution in [0.2, 0.25) is 0 Å². The summed E-state index contributed by atoms with van der Waals surface area (Å²) >= 11 is 0. The predicted octanol–water partition coefficient (Wildman–Crippen LogP) is 4.94. The molecular formula is C20H33N3. The summed E-state index contributed by atoms with van der Waals surface area (Å²) < 4.78 is 0. The lowest BCUT2D eigenvalue weighted by Crippen LogP contribution is -2.64. The number of rotatable bonds is 3. The zero-order chi connectivity index (χ0) is 17.7. The summed E-state index contributed by atoms with van der Waals surface area (Å²) in [7, 11) is 2.18. The van der Waals surface area contributed by atoms with Gasteiger partial charge in [0.05, 0.1) is 5.69 Å². The number of nitrogens with one attached hydrogen (secondary N) is 1. The van der Waals surface area contributed by atoms with Crippen LogP contribution in [0.1, 0.15) is 78.0 Å². The highest BCUT2D eigenvalue weighted by Gasteiger charge is 2.49. The van der Waals surface area contributed by atoms with Crippen LogP contribution in [-0.4, -0.2) is 29.9 Å². The highest BCUT2D eigenvalue weighted by molar-refractivity contribution is 6.04. The first-order valence-corrected chi connectivity index (χ1v) is 8.72. The second-order valence-electron chi connectivity index (χ2n) is 8.13. The molecule has 1 aliphatic rings. The molecule has 0 amide bonds. The van der Waals surface area contributed by atoms with Crippen molar-refractivity contribution in [2.45, 2.75) is 72.3 Å². The minimum Gasteiger partial charge on any atom is -0.305 e. The fourth-order valence-corrected chi connectivity index (χ4v) is 3.81. The van der Waals surface area contributed by atoms with Gasteiger partial charge < -0.3 is 10.4 Å². The summed E-state index contributed by atoms with van der Waals surface area (Å²) in [5.41, 5.74) is 5.65. The Kier molecular flexibility index (Phi) is 4.40. The molecule has 1 aliphatic heterocycles. The van der Waals surface area contributed by atoms with Crippen molar-refractivity contribution in [2.75, 3.05) is 18.6 Å². The molecule has 0 spiro atoms. The van der Waals surface area contributed by atoms with E-state index in [0.717, 1.165) is 12.1 Å². The third kappa shape index (κ3) is 2.40. The zero-order valence-corrected chi connectivity index (χ0v) is 16.3. The van der Waals surface area contributed by atoms with Gasteiger partial charge in [0.15, 0.2) is 0 Å². The molecule has 0 radical (unpaired) electrons. The van der Waals surface area contributed by atoms with Gasteiger partial charge >= 0.3 is 0 Å². The molecule has 0 fully saturated rings. The van der Waals surface area contributed by atoms with Crippen LogP contribution in [0.25, 0.3) is 0 Å². The van der Waals surface area contributed by atoms with Gasteiger partial charge in [0.25, 0.3) is 0 Å². The topological polar surface area (TPSA) is 30.3 Å². The fraction of sp³-hybridized carbons (Fsp3) is 0.650. The second kappa shape index (κ2) is 5.62. The van der Waals surface area contributed by atoms with Gasteiger partial charge in [-0.3, -0.25) is 0 Å². The molecule has 2 rings (SSSR count). The van der Waals surface area contributed by atoms with E-state index < -0.39 is 0 Å². The molecule has 128 valence electrons. The van der Waals surface area contributed by atoms with Gasteiger partial charge in [-0.05, 0) is 44.7 Å². The van der Waals surface area contributed by atoms with E-state index in [1.165, 1.54) is 16.8 Å². The first-order chi connectivity index (χ1) is 10.5. The van der Waals surface area contributed by atoms with E-state index in [4.69, 9.17) is 5.41 Å². The minimum atomic E-state index is 0.00244. The van der Waals surface area contributed by atoms with Gasteiger partial charge in [0.1, 0.15) is 0 Å². The zero-order valence-electron chi connectivity index (χ0n) is 16.3. The molecule has 1 aromatic carbocycles. The summed E-state index contributed by atoms with van der Waals surface area (Å²) in [6, 6.07) is 4.54. The van der Waals surface area contributed by atoms with Gasteiger partial charge in [-0.15, -0.1) is 0 Å². The molecule has 0 saturated carbocycles. The maximum absolute atomic E-state index is 8.42. The van der Waals surface area contributed by atoms with E-state index in [2.05, 4.69) is 77.7 Å². The molecule has 3 nitrogen and oxygen atoms in total. The Hall–Kier alpha value is -1.35. The second-order valence-corrected chi connectivity index (χ2v) is 8.13. The Morgan fingerprint density at radius 3 is 2.17 bits per heavy atom. The average Bonchev–Trinajstić information content (AvgIpc) is 2.45. The van der Waals surface area contributed by atoms with Crippen molar-refractivity contribution in [3.8, 4) is 0 Å². The van der Waals surface area contributed by atoms with E-state index >= 15 is 0 Å². The summed E-state index contributed by atoms with van der Waals surface area (Å²) in [6.45, 7) is 18.7. The van der Waals surface area contributed by atoms with Gasteiger partial charge in [-0.2, -0.15) is 0 Å². The summed E-state index contributed by atoms with van der Waals surface area (Å²) in [5, 5.41) is 13.2. The number of likely N-dealkylation sites (N-methyl/N-ethyl adjacent to an activating group) is 1. The number of fused-ring (bicyclic) bond motifs is 1. The Labute approximate surface area is 142 Å². The Balaban J connectivity index is 2.91. The number of hydrazine groups is 1. The Morgan fingerprint density at radius 2 is 1.74 bits per heavy atom. The first-order valence-electron chi connectivity index (χ1n) is 8.72. The molecule has 0 aliphatic carbocycles. The highest BCUT2D eigenvalue weighted by atomic mass is 15.6. The number of hydrogen-bond donors (Lipinski definition) is 1. The smallest absolute Gasteiger partial charge is 0.0653 e. The monoisotopic (exact) mass is 315 g/mol. The lowest BCUT2D eigenvalue weighted by atomic mass is 9.66. The van der Waals surface area contributed by atoms with Gasteiger partial charge in [0.2, 0.25) is 0 Å². The normalized spacial score (nSPS) is 19.8. The summed E-state index contributed by atoms with van der Waals surface area (Å²) in [5.74, 6) is 0.415. The van der Waals surface area contributed by atoms with Crippen LogP contribution in [0.15, 0.2) is 12.1 Å². The first kappa shape index (κ1) is 18.0. The fourth-order valence-electron chi connectivity index (χ4n) is 3.81. The third-order valence-electron chi connectivity index (χ3n) is 6.14. The number of nitrogens with zero attached hydrogens (tertiary/aromatic N) is 2. The average molecular weight is 316 g/mol. The molecule has 1 heterocycles. The van der Waals surface area contributed by atoms with Crippen LogP contribution in [0.5, 0.6) is 0 Å². The molecule has 1 N–H and O–H groups in total. The number of anilines is 1. The molecule has 0 bridgehead atoms. The van der Waals surface area contributed by atoms with Crippen molar-refractivity contribution in [2.24, 2.45) is 0 Å². The Bertz CT molecular complexity index is 626. The molecule has 0 saturated heterocycles. The SMILES string of the molecule is CCN1c2c(ccc(C(C)C)c2C(C)=N)C(C)(C)C(C)(C)N1C. The van der Waals surface area contributed by atoms with E-state index in [-0.39, 0.29) is 11.0 Å².